The molecule has 29 heavy (non-hydrogen) atoms. The summed E-state index contributed by atoms with van der Waals surface area (Å²) in [5.41, 5.74) is -0.964. The Morgan fingerprint density at radius 2 is 2.07 bits per heavy atom. The van der Waals surface area contributed by atoms with Crippen molar-refractivity contribution in [3.05, 3.63) is 35.5 Å². The van der Waals surface area contributed by atoms with Crippen LogP contribution in [-0.2, 0) is 6.18 Å². The summed E-state index contributed by atoms with van der Waals surface area (Å²) in [6.07, 6.45) is -1.37. The van der Waals surface area contributed by atoms with E-state index in [9.17, 15) is 13.2 Å². The lowest BCUT2D eigenvalue weighted by atomic mass is 10.1. The lowest BCUT2D eigenvalue weighted by Gasteiger charge is -2.33. The second kappa shape index (κ2) is 9.77. The maximum atomic E-state index is 12.7. The van der Waals surface area contributed by atoms with Crippen LogP contribution in [0.25, 0.3) is 0 Å². The fraction of sp³-hybridized carbons (Fsp3) is 0.500. The van der Waals surface area contributed by atoms with Crippen molar-refractivity contribution in [3.8, 4) is 0 Å². The molecule has 1 aliphatic rings. The van der Waals surface area contributed by atoms with Gasteiger partial charge in [0.2, 0.25) is 5.95 Å². The maximum absolute atomic E-state index is 12.7. The second-order valence-corrected chi connectivity index (χ2v) is 7.47. The highest BCUT2D eigenvalue weighted by atomic mass is 32.1. The second-order valence-electron chi connectivity index (χ2n) is 6.55. The topological polar surface area (TPSA) is 77.5 Å². The van der Waals surface area contributed by atoms with Crippen LogP contribution in [0.3, 0.4) is 0 Å². The molecule has 0 unspecified atom stereocenters. The van der Waals surface area contributed by atoms with Gasteiger partial charge >= 0.3 is 6.18 Å². The van der Waals surface area contributed by atoms with Crippen LogP contribution in [0.15, 0.2) is 34.8 Å². The predicted molar refractivity (Wildman–Crippen MR) is 110 cm³/mol. The molecule has 0 atom stereocenters. The van der Waals surface area contributed by atoms with E-state index in [0.29, 0.717) is 25.1 Å². The molecule has 1 aliphatic heterocycles. The Labute approximate surface area is 171 Å². The van der Waals surface area contributed by atoms with Crippen LogP contribution in [0.1, 0.15) is 18.5 Å². The Bertz CT molecular complexity index is 787. The summed E-state index contributed by atoms with van der Waals surface area (Å²) >= 11 is 1.75. The molecule has 158 valence electrons. The zero-order chi connectivity index (χ0) is 20.7. The summed E-state index contributed by atoms with van der Waals surface area (Å²) in [6.45, 7) is 2.80. The van der Waals surface area contributed by atoms with Crippen molar-refractivity contribution in [3.63, 3.8) is 0 Å². The molecule has 3 heterocycles. The highest BCUT2D eigenvalue weighted by Crippen LogP contribution is 2.27. The number of thiophene rings is 1. The number of halogens is 3. The van der Waals surface area contributed by atoms with Crippen LogP contribution in [-0.4, -0.2) is 55.2 Å². The van der Waals surface area contributed by atoms with Gasteiger partial charge in [0.15, 0.2) is 5.96 Å². The predicted octanol–water partition coefficient (Wildman–Crippen LogP) is 2.80. The van der Waals surface area contributed by atoms with Crippen molar-refractivity contribution < 1.29 is 13.2 Å². The van der Waals surface area contributed by atoms with E-state index in [-0.39, 0.29) is 5.95 Å². The molecule has 0 spiro atoms. The van der Waals surface area contributed by atoms with Crippen molar-refractivity contribution in [2.45, 2.75) is 25.1 Å². The highest BCUT2D eigenvalue weighted by molar-refractivity contribution is 7.14. The number of hydrogen-bond donors (Lipinski definition) is 3. The molecule has 2 aromatic heterocycles. The first-order valence-electron chi connectivity index (χ1n) is 9.35. The van der Waals surface area contributed by atoms with E-state index in [1.54, 1.807) is 18.4 Å². The van der Waals surface area contributed by atoms with E-state index >= 15 is 0 Å². The molecule has 7 nitrogen and oxygen atoms in total. The van der Waals surface area contributed by atoms with E-state index in [2.05, 4.69) is 53.3 Å². The molecular formula is C18H24F3N7S. The van der Waals surface area contributed by atoms with Gasteiger partial charge in [-0.2, -0.15) is 13.2 Å². The molecule has 3 rings (SSSR count). The molecule has 0 saturated carbocycles. The van der Waals surface area contributed by atoms with Gasteiger partial charge in [0, 0.05) is 45.5 Å². The molecule has 3 N–H and O–H groups in total. The Hall–Kier alpha value is -2.56. The first-order chi connectivity index (χ1) is 14.0. The number of guanidine groups is 1. The van der Waals surface area contributed by atoms with Crippen LogP contribution < -0.4 is 20.9 Å². The van der Waals surface area contributed by atoms with Gasteiger partial charge in [-0.15, -0.1) is 11.3 Å². The van der Waals surface area contributed by atoms with Gasteiger partial charge in [0.25, 0.3) is 0 Å². The van der Waals surface area contributed by atoms with Gasteiger partial charge in [0.05, 0.1) is 5.00 Å². The van der Waals surface area contributed by atoms with E-state index in [4.69, 9.17) is 0 Å². The van der Waals surface area contributed by atoms with E-state index in [0.717, 1.165) is 38.2 Å². The smallest absolute Gasteiger partial charge is 0.363 e. The van der Waals surface area contributed by atoms with Crippen molar-refractivity contribution in [1.29, 1.82) is 0 Å². The molecule has 2 aromatic rings. The van der Waals surface area contributed by atoms with Crippen molar-refractivity contribution in [1.82, 2.24) is 20.6 Å². The fourth-order valence-corrected chi connectivity index (χ4v) is 3.82. The third-order valence-electron chi connectivity index (χ3n) is 4.52. The number of rotatable bonds is 6. The van der Waals surface area contributed by atoms with Gasteiger partial charge in [-0.25, -0.2) is 9.97 Å². The summed E-state index contributed by atoms with van der Waals surface area (Å²) in [5, 5.41) is 12.7. The first kappa shape index (κ1) is 21.2. The number of anilines is 2. The molecule has 0 radical (unpaired) electrons. The van der Waals surface area contributed by atoms with Crippen LogP contribution >= 0.6 is 11.3 Å². The number of nitrogens with zero attached hydrogens (tertiary/aromatic N) is 4. The summed E-state index contributed by atoms with van der Waals surface area (Å²) in [6, 6.07) is 5.38. The van der Waals surface area contributed by atoms with Crippen LogP contribution in [0.2, 0.25) is 0 Å². The minimum atomic E-state index is -4.48. The molecular weight excluding hydrogens is 403 g/mol. The van der Waals surface area contributed by atoms with E-state index in [1.165, 1.54) is 5.00 Å². The average molecular weight is 428 g/mol. The normalized spacial score (nSPS) is 16.0. The lowest BCUT2D eigenvalue weighted by Crippen LogP contribution is -2.49. The molecule has 0 aliphatic carbocycles. The Balaban J connectivity index is 1.38. The van der Waals surface area contributed by atoms with Gasteiger partial charge < -0.3 is 20.9 Å². The summed E-state index contributed by atoms with van der Waals surface area (Å²) < 4.78 is 38.0. The molecule has 11 heteroatoms. The number of aromatic nitrogens is 2. The van der Waals surface area contributed by atoms with Gasteiger partial charge in [0.1, 0.15) is 5.69 Å². The highest BCUT2D eigenvalue weighted by Gasteiger charge is 2.32. The molecule has 0 aromatic carbocycles. The van der Waals surface area contributed by atoms with Gasteiger partial charge in [-0.1, -0.05) is 0 Å². The fourth-order valence-electron chi connectivity index (χ4n) is 3.04. The Kier molecular flexibility index (Phi) is 7.13. The standard InChI is InChI=1S/C18H24F3N7S/c1-22-16(26-13-5-10-28(11-6-13)15-3-2-12-29-15)24-8-9-25-17-23-7-4-14(27-17)18(19,20)21/h2-4,7,12-13H,5-6,8-11H2,1H3,(H2,22,24,26)(H,23,25,27). The summed E-state index contributed by atoms with van der Waals surface area (Å²) in [4.78, 5) is 13.9. The number of piperidine rings is 1. The van der Waals surface area contributed by atoms with E-state index < -0.39 is 11.9 Å². The van der Waals surface area contributed by atoms with Gasteiger partial charge in [-0.05, 0) is 36.4 Å². The quantitative estimate of drug-likeness (QED) is 0.374. The van der Waals surface area contributed by atoms with Crippen LogP contribution in [0, 0.1) is 0 Å². The zero-order valence-corrected chi connectivity index (χ0v) is 16.9. The number of hydrogen-bond acceptors (Lipinski definition) is 6. The third kappa shape index (κ3) is 6.21. The van der Waals surface area contributed by atoms with Crippen molar-refractivity contribution in [2.24, 2.45) is 4.99 Å². The Morgan fingerprint density at radius 3 is 2.72 bits per heavy atom. The van der Waals surface area contributed by atoms with E-state index in [1.807, 2.05) is 0 Å². The monoisotopic (exact) mass is 427 g/mol. The maximum Gasteiger partial charge on any atom is 0.433 e. The molecule has 1 fully saturated rings. The third-order valence-corrected chi connectivity index (χ3v) is 5.45. The number of aliphatic imine (C=N–C) groups is 1. The first-order valence-corrected chi connectivity index (χ1v) is 10.2. The van der Waals surface area contributed by atoms with Crippen LogP contribution in [0.4, 0.5) is 24.1 Å². The average Bonchev–Trinajstić information content (AvgIpc) is 3.25. The van der Waals surface area contributed by atoms with Crippen molar-refractivity contribution in [2.75, 3.05) is 43.4 Å². The SMILES string of the molecule is CN=C(NCCNc1nccc(C(F)(F)F)n1)NC1CCN(c2cccs2)CC1. The zero-order valence-electron chi connectivity index (χ0n) is 16.0. The number of alkyl halides is 3. The van der Waals surface area contributed by atoms with Crippen LogP contribution in [0.5, 0.6) is 0 Å². The minimum absolute atomic E-state index is 0.0504. The molecule has 1 saturated heterocycles. The Morgan fingerprint density at radius 1 is 1.28 bits per heavy atom. The minimum Gasteiger partial charge on any atom is -0.363 e. The lowest BCUT2D eigenvalue weighted by molar-refractivity contribution is -0.141. The largest absolute Gasteiger partial charge is 0.433 e. The molecule has 0 bridgehead atoms. The number of nitrogens with one attached hydrogen (secondary N) is 3. The summed E-state index contributed by atoms with van der Waals surface area (Å²) in [5.74, 6) is 0.622. The summed E-state index contributed by atoms with van der Waals surface area (Å²) in [7, 11) is 1.69. The van der Waals surface area contributed by atoms with Crippen molar-refractivity contribution >= 4 is 28.2 Å². The molecule has 0 amide bonds. The van der Waals surface area contributed by atoms with Gasteiger partial charge in [-0.3, -0.25) is 4.99 Å².